The molecule has 3 atom stereocenters. The summed E-state index contributed by atoms with van der Waals surface area (Å²) in [5, 5.41) is 3.04. The minimum absolute atomic E-state index is 0.0753. The number of fused-ring (bicyclic) bond motifs is 2. The standard InChI is InChI=1S/C17H21F2NO/c1-16(2)11-6-7-17(16,3)14(9-11)20-15(21)10-4-5-12(18)13(19)8-10/h4-5,8,11,14H,6-7,9H2,1-3H3,(H,20,21). The van der Waals surface area contributed by atoms with Gasteiger partial charge in [-0.15, -0.1) is 0 Å². The van der Waals surface area contributed by atoms with Crippen LogP contribution in [-0.2, 0) is 0 Å². The maximum absolute atomic E-state index is 13.2. The molecule has 2 aliphatic carbocycles. The fraction of sp³-hybridized carbons (Fsp3) is 0.588. The molecule has 2 fully saturated rings. The number of rotatable bonds is 2. The quantitative estimate of drug-likeness (QED) is 0.880. The highest BCUT2D eigenvalue weighted by Crippen LogP contribution is 2.65. The molecule has 1 N–H and O–H groups in total. The van der Waals surface area contributed by atoms with Gasteiger partial charge in [0.2, 0.25) is 0 Å². The molecule has 1 aromatic rings. The van der Waals surface area contributed by atoms with Crippen molar-refractivity contribution in [2.24, 2.45) is 16.7 Å². The summed E-state index contributed by atoms with van der Waals surface area (Å²) in [7, 11) is 0. The van der Waals surface area contributed by atoms with Gasteiger partial charge in [0.1, 0.15) is 0 Å². The Bertz CT molecular complexity index is 598. The molecule has 2 saturated carbocycles. The van der Waals surface area contributed by atoms with E-state index in [1.165, 1.54) is 12.5 Å². The first-order chi connectivity index (χ1) is 9.75. The third-order valence-electron chi connectivity index (χ3n) is 6.28. The lowest BCUT2D eigenvalue weighted by Crippen LogP contribution is -2.46. The first-order valence-corrected chi connectivity index (χ1v) is 7.51. The van der Waals surface area contributed by atoms with Crippen molar-refractivity contribution in [2.75, 3.05) is 0 Å². The third kappa shape index (κ3) is 1.99. The number of carbonyl (C=O) groups excluding carboxylic acids is 1. The summed E-state index contributed by atoms with van der Waals surface area (Å²) in [4.78, 5) is 12.3. The highest BCUT2D eigenvalue weighted by Gasteiger charge is 2.61. The molecular weight excluding hydrogens is 272 g/mol. The van der Waals surface area contributed by atoms with Crippen LogP contribution in [0, 0.1) is 28.4 Å². The topological polar surface area (TPSA) is 29.1 Å². The molecule has 0 heterocycles. The van der Waals surface area contributed by atoms with Gasteiger partial charge in [0.05, 0.1) is 0 Å². The summed E-state index contributed by atoms with van der Waals surface area (Å²) in [6, 6.07) is 3.39. The number of benzene rings is 1. The molecule has 0 saturated heterocycles. The molecule has 0 spiro atoms. The first kappa shape index (κ1) is 14.5. The second kappa shape index (κ2) is 4.52. The third-order valence-corrected chi connectivity index (χ3v) is 6.28. The Morgan fingerprint density at radius 2 is 1.95 bits per heavy atom. The second-order valence-electron chi connectivity index (χ2n) is 7.27. The number of amides is 1. The second-order valence-corrected chi connectivity index (χ2v) is 7.27. The van der Waals surface area contributed by atoms with Gasteiger partial charge in [0, 0.05) is 11.6 Å². The molecule has 4 heteroatoms. The van der Waals surface area contributed by atoms with Gasteiger partial charge in [-0.3, -0.25) is 4.79 Å². The van der Waals surface area contributed by atoms with Crippen molar-refractivity contribution < 1.29 is 13.6 Å². The van der Waals surface area contributed by atoms with E-state index in [0.717, 1.165) is 25.0 Å². The van der Waals surface area contributed by atoms with Gasteiger partial charge in [-0.2, -0.15) is 0 Å². The van der Waals surface area contributed by atoms with Crippen molar-refractivity contribution in [1.29, 1.82) is 0 Å². The van der Waals surface area contributed by atoms with Crippen LogP contribution < -0.4 is 5.32 Å². The molecule has 1 aromatic carbocycles. The Morgan fingerprint density at radius 1 is 1.24 bits per heavy atom. The van der Waals surface area contributed by atoms with Gasteiger partial charge in [-0.05, 0) is 54.2 Å². The zero-order valence-corrected chi connectivity index (χ0v) is 12.7. The van der Waals surface area contributed by atoms with Crippen molar-refractivity contribution in [2.45, 2.75) is 46.1 Å². The van der Waals surface area contributed by atoms with E-state index in [4.69, 9.17) is 0 Å². The van der Waals surface area contributed by atoms with Crippen LogP contribution in [0.25, 0.3) is 0 Å². The molecule has 2 nitrogen and oxygen atoms in total. The molecule has 3 rings (SSSR count). The highest BCUT2D eigenvalue weighted by atomic mass is 19.2. The average Bonchev–Trinajstić information content (AvgIpc) is 2.75. The van der Waals surface area contributed by atoms with Crippen LogP contribution in [0.5, 0.6) is 0 Å². The fourth-order valence-corrected chi connectivity index (χ4v) is 4.30. The Balaban J connectivity index is 1.79. The maximum Gasteiger partial charge on any atom is 0.251 e. The zero-order chi connectivity index (χ0) is 15.4. The minimum atomic E-state index is -0.984. The Labute approximate surface area is 123 Å². The van der Waals surface area contributed by atoms with E-state index in [-0.39, 0.29) is 28.3 Å². The van der Waals surface area contributed by atoms with Crippen LogP contribution in [0.3, 0.4) is 0 Å². The van der Waals surface area contributed by atoms with E-state index in [0.29, 0.717) is 5.92 Å². The lowest BCUT2D eigenvalue weighted by Gasteiger charge is -2.39. The molecule has 0 aromatic heterocycles. The number of hydrogen-bond acceptors (Lipinski definition) is 1. The molecule has 2 bridgehead atoms. The molecule has 114 valence electrons. The predicted molar refractivity (Wildman–Crippen MR) is 76.8 cm³/mol. The summed E-state index contributed by atoms with van der Waals surface area (Å²) in [5.74, 6) is -1.61. The highest BCUT2D eigenvalue weighted by molar-refractivity contribution is 5.94. The average molecular weight is 293 g/mol. The van der Waals surface area contributed by atoms with E-state index in [1.54, 1.807) is 0 Å². The van der Waals surface area contributed by atoms with E-state index in [9.17, 15) is 13.6 Å². The molecule has 21 heavy (non-hydrogen) atoms. The number of hydrogen-bond donors (Lipinski definition) is 1. The maximum atomic E-state index is 13.2. The Hall–Kier alpha value is -1.45. The summed E-state index contributed by atoms with van der Waals surface area (Å²) >= 11 is 0. The number of carbonyl (C=O) groups is 1. The monoisotopic (exact) mass is 293 g/mol. The van der Waals surface area contributed by atoms with Crippen LogP contribution in [0.4, 0.5) is 8.78 Å². The van der Waals surface area contributed by atoms with Gasteiger partial charge in [0.15, 0.2) is 11.6 Å². The van der Waals surface area contributed by atoms with Crippen molar-refractivity contribution >= 4 is 5.91 Å². The largest absolute Gasteiger partial charge is 0.349 e. The first-order valence-electron chi connectivity index (χ1n) is 7.51. The minimum Gasteiger partial charge on any atom is -0.349 e. The normalized spacial score (nSPS) is 33.2. The molecule has 1 amide bonds. The van der Waals surface area contributed by atoms with Crippen LogP contribution in [0.2, 0.25) is 0 Å². The van der Waals surface area contributed by atoms with E-state index in [2.05, 4.69) is 26.1 Å². The van der Waals surface area contributed by atoms with Crippen molar-refractivity contribution in [1.82, 2.24) is 5.32 Å². The van der Waals surface area contributed by atoms with Gasteiger partial charge < -0.3 is 5.32 Å². The SMILES string of the molecule is CC1(C)C2CCC1(C)C(NC(=O)c1ccc(F)c(F)c1)C2. The van der Waals surface area contributed by atoms with Crippen molar-refractivity contribution in [3.8, 4) is 0 Å². The molecule has 0 aliphatic heterocycles. The van der Waals surface area contributed by atoms with Gasteiger partial charge in [-0.1, -0.05) is 20.8 Å². The van der Waals surface area contributed by atoms with E-state index >= 15 is 0 Å². The van der Waals surface area contributed by atoms with Crippen LogP contribution in [-0.4, -0.2) is 11.9 Å². The van der Waals surface area contributed by atoms with Crippen molar-refractivity contribution in [3.05, 3.63) is 35.4 Å². The smallest absolute Gasteiger partial charge is 0.251 e. The predicted octanol–water partition coefficient (Wildman–Crippen LogP) is 3.91. The Kier molecular flexibility index (Phi) is 3.12. The molecule has 3 unspecified atom stereocenters. The van der Waals surface area contributed by atoms with Gasteiger partial charge in [-0.25, -0.2) is 8.78 Å². The molecule has 2 aliphatic rings. The lowest BCUT2D eigenvalue weighted by molar-refractivity contribution is 0.0825. The lowest BCUT2D eigenvalue weighted by atomic mass is 9.69. The van der Waals surface area contributed by atoms with E-state index in [1.807, 2.05) is 0 Å². The summed E-state index contributed by atoms with van der Waals surface area (Å²) in [6.07, 6.45) is 3.29. The van der Waals surface area contributed by atoms with Crippen LogP contribution in [0.1, 0.15) is 50.4 Å². The molecular formula is C17H21F2NO. The fourth-order valence-electron chi connectivity index (χ4n) is 4.30. The van der Waals surface area contributed by atoms with Gasteiger partial charge >= 0.3 is 0 Å². The number of nitrogens with one attached hydrogen (secondary N) is 1. The van der Waals surface area contributed by atoms with E-state index < -0.39 is 11.6 Å². The zero-order valence-electron chi connectivity index (χ0n) is 12.7. The Morgan fingerprint density at radius 3 is 2.48 bits per heavy atom. The summed E-state index contributed by atoms with van der Waals surface area (Å²) in [6.45, 7) is 6.78. The number of halogens is 2. The van der Waals surface area contributed by atoms with Crippen molar-refractivity contribution in [3.63, 3.8) is 0 Å². The van der Waals surface area contributed by atoms with Gasteiger partial charge in [0.25, 0.3) is 5.91 Å². The van der Waals surface area contributed by atoms with Crippen LogP contribution >= 0.6 is 0 Å². The summed E-state index contributed by atoms with van der Waals surface area (Å²) < 4.78 is 26.2. The van der Waals surface area contributed by atoms with Crippen LogP contribution in [0.15, 0.2) is 18.2 Å². The summed E-state index contributed by atoms with van der Waals surface area (Å²) in [5.41, 5.74) is 0.461. The molecule has 0 radical (unpaired) electrons.